The summed E-state index contributed by atoms with van der Waals surface area (Å²) in [6.45, 7) is 7.27. The van der Waals surface area contributed by atoms with E-state index in [1.165, 1.54) is 0 Å². The lowest BCUT2D eigenvalue weighted by Crippen LogP contribution is -2.53. The van der Waals surface area contributed by atoms with Crippen molar-refractivity contribution < 1.29 is 9.53 Å². The summed E-state index contributed by atoms with van der Waals surface area (Å²) in [5, 5.41) is 3.40. The molecular weight excluding hydrogens is 240 g/mol. The molecule has 1 aromatic rings. The summed E-state index contributed by atoms with van der Waals surface area (Å²) in [5.74, 6) is 0. The molecule has 0 aliphatic carbocycles. The molecule has 2 unspecified atom stereocenters. The monoisotopic (exact) mass is 260 g/mol. The van der Waals surface area contributed by atoms with E-state index in [2.05, 4.69) is 18.8 Å². The third-order valence-electron chi connectivity index (χ3n) is 3.25. The number of hydrogen-bond acceptors (Lipinski definition) is 3. The third kappa shape index (κ3) is 3.35. The molecule has 0 bridgehead atoms. The van der Waals surface area contributed by atoms with E-state index in [-0.39, 0.29) is 24.8 Å². The van der Waals surface area contributed by atoms with Crippen molar-refractivity contribution in [2.24, 2.45) is 0 Å². The highest BCUT2D eigenvalue weighted by Crippen LogP contribution is 2.24. The normalized spacial score (nSPS) is 22.9. The Balaban J connectivity index is 2.15. The maximum Gasteiger partial charge on any atom is 0.410 e. The van der Waals surface area contributed by atoms with Crippen LogP contribution in [0.4, 0.5) is 4.79 Å². The zero-order valence-electron chi connectivity index (χ0n) is 11.2. The Morgan fingerprint density at radius 3 is 2.95 bits per heavy atom. The number of carbonyl (C=O) groups excluding carboxylic acids is 1. The van der Waals surface area contributed by atoms with Crippen molar-refractivity contribution in [2.45, 2.75) is 19.0 Å². The van der Waals surface area contributed by atoms with E-state index >= 15 is 0 Å². The number of piperazine rings is 1. The summed E-state index contributed by atoms with van der Waals surface area (Å²) in [7, 11) is 0. The minimum Gasteiger partial charge on any atom is -0.445 e. The summed E-state index contributed by atoms with van der Waals surface area (Å²) < 4.78 is 5.17. The fraction of sp³-hybridized carbons (Fsp3) is 0.400. The molecule has 19 heavy (non-hydrogen) atoms. The number of rotatable bonds is 3. The first-order valence-corrected chi connectivity index (χ1v) is 6.55. The number of nitrogens with one attached hydrogen (secondary N) is 1. The smallest absolute Gasteiger partial charge is 0.410 e. The number of ether oxygens (including phenoxy) is 1. The van der Waals surface area contributed by atoms with Gasteiger partial charge in [0.1, 0.15) is 6.61 Å². The summed E-state index contributed by atoms with van der Waals surface area (Å²) >= 11 is 0. The topological polar surface area (TPSA) is 41.6 Å². The maximum absolute atomic E-state index is 12.1. The van der Waals surface area contributed by atoms with E-state index in [1.807, 2.05) is 30.3 Å². The second-order valence-electron chi connectivity index (χ2n) is 4.75. The van der Waals surface area contributed by atoms with E-state index in [0.29, 0.717) is 6.54 Å². The van der Waals surface area contributed by atoms with Crippen LogP contribution in [0, 0.1) is 0 Å². The van der Waals surface area contributed by atoms with Crippen LogP contribution in [-0.4, -0.2) is 36.7 Å². The van der Waals surface area contributed by atoms with Gasteiger partial charge in [0.2, 0.25) is 0 Å². The molecule has 1 aromatic carbocycles. The lowest BCUT2D eigenvalue weighted by atomic mass is 10.0. The second-order valence-corrected chi connectivity index (χ2v) is 4.75. The number of amides is 1. The van der Waals surface area contributed by atoms with Crippen molar-refractivity contribution in [3.63, 3.8) is 0 Å². The highest BCUT2D eigenvalue weighted by molar-refractivity contribution is 5.68. The number of nitrogens with zero attached hydrogens (tertiary/aromatic N) is 1. The van der Waals surface area contributed by atoms with Gasteiger partial charge in [-0.1, -0.05) is 43.0 Å². The van der Waals surface area contributed by atoms with Gasteiger partial charge in [-0.15, -0.1) is 0 Å². The number of benzene rings is 1. The van der Waals surface area contributed by atoms with Crippen molar-refractivity contribution in [1.82, 2.24) is 10.2 Å². The van der Waals surface area contributed by atoms with Gasteiger partial charge in [0, 0.05) is 19.1 Å². The van der Waals surface area contributed by atoms with Gasteiger partial charge in [-0.2, -0.15) is 0 Å². The van der Waals surface area contributed by atoms with Crippen LogP contribution in [-0.2, 0) is 4.74 Å². The van der Waals surface area contributed by atoms with Crippen molar-refractivity contribution in [3.05, 3.63) is 48.6 Å². The van der Waals surface area contributed by atoms with E-state index in [4.69, 9.17) is 4.74 Å². The first-order chi connectivity index (χ1) is 9.22. The van der Waals surface area contributed by atoms with E-state index in [9.17, 15) is 4.79 Å². The van der Waals surface area contributed by atoms with E-state index in [0.717, 1.165) is 12.1 Å². The maximum atomic E-state index is 12.1. The zero-order valence-corrected chi connectivity index (χ0v) is 11.2. The SMILES string of the molecule is C=CCOC(=O)N1CC(C)NCC1c1ccccc1. The Labute approximate surface area is 114 Å². The Morgan fingerprint density at radius 1 is 1.53 bits per heavy atom. The summed E-state index contributed by atoms with van der Waals surface area (Å²) in [5.41, 5.74) is 1.12. The predicted molar refractivity (Wildman–Crippen MR) is 74.9 cm³/mol. The highest BCUT2D eigenvalue weighted by atomic mass is 16.6. The lowest BCUT2D eigenvalue weighted by molar-refractivity contribution is 0.0765. The first kappa shape index (κ1) is 13.6. The molecule has 0 saturated carbocycles. The zero-order chi connectivity index (χ0) is 13.7. The van der Waals surface area contributed by atoms with E-state index in [1.54, 1.807) is 11.0 Å². The quantitative estimate of drug-likeness (QED) is 0.848. The van der Waals surface area contributed by atoms with Crippen LogP contribution in [0.1, 0.15) is 18.5 Å². The number of hydrogen-bond donors (Lipinski definition) is 1. The average molecular weight is 260 g/mol. The van der Waals surface area contributed by atoms with Gasteiger partial charge < -0.3 is 10.1 Å². The van der Waals surface area contributed by atoms with Gasteiger partial charge in [0.05, 0.1) is 6.04 Å². The third-order valence-corrected chi connectivity index (χ3v) is 3.25. The van der Waals surface area contributed by atoms with Crippen LogP contribution >= 0.6 is 0 Å². The lowest BCUT2D eigenvalue weighted by Gasteiger charge is -2.38. The van der Waals surface area contributed by atoms with Gasteiger partial charge in [-0.3, -0.25) is 4.90 Å². The molecule has 4 nitrogen and oxygen atoms in total. The molecule has 1 amide bonds. The minimum atomic E-state index is -0.276. The Morgan fingerprint density at radius 2 is 2.26 bits per heavy atom. The Bertz CT molecular complexity index is 433. The Hall–Kier alpha value is -1.81. The molecule has 0 aromatic heterocycles. The molecule has 1 N–H and O–H groups in total. The molecule has 2 atom stereocenters. The van der Waals surface area contributed by atoms with Crippen molar-refractivity contribution >= 4 is 6.09 Å². The molecule has 1 fully saturated rings. The number of carbonyl (C=O) groups is 1. The molecule has 1 aliphatic heterocycles. The molecule has 0 radical (unpaired) electrons. The predicted octanol–water partition coefficient (Wildman–Crippen LogP) is 2.34. The second kappa shape index (κ2) is 6.38. The molecular formula is C15H20N2O2. The van der Waals surface area contributed by atoms with Crippen LogP contribution in [0.25, 0.3) is 0 Å². The molecule has 0 spiro atoms. The minimum absolute atomic E-state index is 0.0229. The van der Waals surface area contributed by atoms with Crippen LogP contribution in [0.2, 0.25) is 0 Å². The first-order valence-electron chi connectivity index (χ1n) is 6.55. The molecule has 102 valence electrons. The summed E-state index contributed by atoms with van der Waals surface area (Å²) in [6.07, 6.45) is 1.31. The van der Waals surface area contributed by atoms with E-state index < -0.39 is 0 Å². The van der Waals surface area contributed by atoms with Crippen LogP contribution < -0.4 is 5.32 Å². The molecule has 1 heterocycles. The van der Waals surface area contributed by atoms with Gasteiger partial charge in [-0.25, -0.2) is 4.79 Å². The molecule has 2 rings (SSSR count). The fourth-order valence-electron chi connectivity index (χ4n) is 2.30. The van der Waals surface area contributed by atoms with Gasteiger partial charge in [0.15, 0.2) is 0 Å². The van der Waals surface area contributed by atoms with Crippen LogP contribution in [0.15, 0.2) is 43.0 Å². The van der Waals surface area contributed by atoms with Gasteiger partial charge in [0.25, 0.3) is 0 Å². The largest absolute Gasteiger partial charge is 0.445 e. The molecule has 1 aliphatic rings. The Kier molecular flexibility index (Phi) is 4.58. The van der Waals surface area contributed by atoms with Gasteiger partial charge in [-0.05, 0) is 12.5 Å². The van der Waals surface area contributed by atoms with Crippen molar-refractivity contribution in [1.29, 1.82) is 0 Å². The van der Waals surface area contributed by atoms with Crippen molar-refractivity contribution in [3.8, 4) is 0 Å². The van der Waals surface area contributed by atoms with Crippen LogP contribution in [0.3, 0.4) is 0 Å². The molecule has 1 saturated heterocycles. The van der Waals surface area contributed by atoms with Gasteiger partial charge >= 0.3 is 6.09 Å². The molecule has 4 heteroatoms. The van der Waals surface area contributed by atoms with Crippen molar-refractivity contribution in [2.75, 3.05) is 19.7 Å². The summed E-state index contributed by atoms with van der Waals surface area (Å²) in [6, 6.07) is 10.3. The standard InChI is InChI=1S/C15H20N2O2/c1-3-9-19-15(18)17-11-12(2)16-10-14(17)13-7-5-4-6-8-13/h3-8,12,14,16H,1,9-11H2,2H3. The average Bonchev–Trinajstić information content (AvgIpc) is 2.45. The summed E-state index contributed by atoms with van der Waals surface area (Å²) in [4.78, 5) is 13.9. The highest BCUT2D eigenvalue weighted by Gasteiger charge is 2.31. The fourth-order valence-corrected chi connectivity index (χ4v) is 2.30. The van der Waals surface area contributed by atoms with Crippen LogP contribution in [0.5, 0.6) is 0 Å².